The largest absolute Gasteiger partial charge is 0.495 e. The minimum atomic E-state index is -0.314. The molecule has 4 aromatic rings. The summed E-state index contributed by atoms with van der Waals surface area (Å²) in [7, 11) is 2.97. The number of benzene rings is 1. The third-order valence-corrected chi connectivity index (χ3v) is 8.00. The number of hydrogen-bond acceptors (Lipinski definition) is 9. The normalized spacial score (nSPS) is 13.8. The second-order valence-electron chi connectivity index (χ2n) is 9.81. The first-order chi connectivity index (χ1) is 20.3. The highest BCUT2D eigenvalue weighted by Gasteiger charge is 2.24. The zero-order valence-corrected chi connectivity index (χ0v) is 25.1. The van der Waals surface area contributed by atoms with Crippen molar-refractivity contribution in [3.05, 3.63) is 63.1 Å². The number of piperazine rings is 1. The molecular weight excluding hydrogens is 581 g/mol. The quantitative estimate of drug-likeness (QED) is 0.292. The number of carbonyl (C=O) groups excluding carboxylic acids is 1. The second-order valence-corrected chi connectivity index (χ2v) is 10.6. The van der Waals surface area contributed by atoms with Gasteiger partial charge in [0, 0.05) is 69.1 Å². The molecule has 0 bridgehead atoms. The van der Waals surface area contributed by atoms with Gasteiger partial charge in [0.1, 0.15) is 23.0 Å². The van der Waals surface area contributed by atoms with E-state index in [4.69, 9.17) is 37.7 Å². The Labute approximate surface area is 253 Å². The Morgan fingerprint density at radius 3 is 2.33 bits per heavy atom. The molecule has 0 aliphatic carbocycles. The van der Waals surface area contributed by atoms with Crippen LogP contribution in [0.5, 0.6) is 11.5 Å². The van der Waals surface area contributed by atoms with Crippen LogP contribution in [0.3, 0.4) is 0 Å². The molecule has 0 saturated carbocycles. The molecule has 1 aromatic carbocycles. The van der Waals surface area contributed by atoms with Crippen LogP contribution in [0.15, 0.2) is 47.5 Å². The van der Waals surface area contributed by atoms with Gasteiger partial charge < -0.3 is 19.7 Å². The van der Waals surface area contributed by atoms with Crippen molar-refractivity contribution in [1.29, 1.82) is 0 Å². The number of pyridine rings is 2. The van der Waals surface area contributed by atoms with Crippen LogP contribution in [0.4, 0.5) is 11.8 Å². The number of nitrogens with zero attached hydrogens (tertiary/aromatic N) is 6. The summed E-state index contributed by atoms with van der Waals surface area (Å²) in [5.74, 6) is 1.63. The molecule has 42 heavy (non-hydrogen) atoms. The Morgan fingerprint density at radius 2 is 1.71 bits per heavy atom. The average molecular weight is 613 g/mol. The van der Waals surface area contributed by atoms with E-state index >= 15 is 0 Å². The molecule has 0 spiro atoms. The smallest absolute Gasteiger partial charge is 0.260 e. The molecule has 1 aliphatic heterocycles. The average Bonchev–Trinajstić information content (AvgIpc) is 3.00. The van der Waals surface area contributed by atoms with E-state index in [1.165, 1.54) is 14.2 Å². The van der Waals surface area contributed by atoms with Crippen LogP contribution in [0.2, 0.25) is 10.0 Å². The van der Waals surface area contributed by atoms with Crippen molar-refractivity contribution in [3.8, 4) is 22.6 Å². The molecule has 1 amide bonds. The fraction of sp³-hybridized carbons (Fsp3) is 0.345. The lowest BCUT2D eigenvalue weighted by molar-refractivity contribution is -0.130. The number of rotatable bonds is 9. The van der Waals surface area contributed by atoms with Gasteiger partial charge in [-0.3, -0.25) is 19.1 Å². The standard InChI is InChI=1S/C29H31Cl2N7O4/c1-18(39)37-13-11-36(12-14-37)9-6-10-38-27-19(17-33-29(35-27)34-23-7-4-5-8-32-23)15-20(28(38)40)24-25(30)21(41-2)16-22(42-3)26(24)31/h4-5,7-8,15-17H,6,9-14H2,1-3H3,(H,32,33,34,35). The summed E-state index contributed by atoms with van der Waals surface area (Å²) in [6.45, 7) is 5.68. The summed E-state index contributed by atoms with van der Waals surface area (Å²) in [5.41, 5.74) is 0.733. The van der Waals surface area contributed by atoms with Crippen molar-refractivity contribution in [2.24, 2.45) is 0 Å². The number of hydrogen-bond donors (Lipinski definition) is 1. The van der Waals surface area contributed by atoms with Crippen molar-refractivity contribution in [3.63, 3.8) is 0 Å². The topological polar surface area (TPSA) is 115 Å². The summed E-state index contributed by atoms with van der Waals surface area (Å²) in [6, 6.07) is 8.74. The van der Waals surface area contributed by atoms with Gasteiger partial charge in [0.25, 0.3) is 5.56 Å². The Bertz CT molecular complexity index is 1630. The fourth-order valence-corrected chi connectivity index (χ4v) is 5.72. The van der Waals surface area contributed by atoms with Crippen molar-refractivity contribution in [1.82, 2.24) is 29.3 Å². The first kappa shape index (κ1) is 29.6. The molecule has 1 fully saturated rings. The van der Waals surface area contributed by atoms with E-state index < -0.39 is 0 Å². The molecule has 1 saturated heterocycles. The van der Waals surface area contributed by atoms with E-state index in [2.05, 4.69) is 20.2 Å². The molecule has 0 atom stereocenters. The van der Waals surface area contributed by atoms with Gasteiger partial charge in [-0.15, -0.1) is 0 Å². The third-order valence-electron chi connectivity index (χ3n) is 7.25. The van der Waals surface area contributed by atoms with Gasteiger partial charge in [-0.2, -0.15) is 4.98 Å². The molecule has 1 aliphatic rings. The minimum Gasteiger partial charge on any atom is -0.495 e. The minimum absolute atomic E-state index is 0.0887. The number of ether oxygens (including phenoxy) is 2. The maximum atomic E-state index is 14.2. The Balaban J connectivity index is 1.55. The number of carbonyl (C=O) groups is 1. The molecular formula is C29H31Cl2N7O4. The molecule has 5 rings (SSSR count). The van der Waals surface area contributed by atoms with E-state index in [1.54, 1.807) is 42.1 Å². The highest BCUT2D eigenvalue weighted by molar-refractivity contribution is 6.41. The maximum absolute atomic E-state index is 14.2. The van der Waals surface area contributed by atoms with Crippen LogP contribution in [-0.2, 0) is 11.3 Å². The van der Waals surface area contributed by atoms with Gasteiger partial charge >= 0.3 is 0 Å². The summed E-state index contributed by atoms with van der Waals surface area (Å²) in [4.78, 5) is 43.4. The SMILES string of the molecule is COc1cc(OC)c(Cl)c(-c2cc3cnc(Nc4ccccn4)nc3n(CCCN3CCN(C(C)=O)CC3)c2=O)c1Cl. The third kappa shape index (κ3) is 6.13. The number of aryl methyl sites for hydroxylation is 1. The predicted octanol–water partition coefficient (Wildman–Crippen LogP) is 4.48. The van der Waals surface area contributed by atoms with E-state index in [9.17, 15) is 9.59 Å². The molecule has 0 unspecified atom stereocenters. The highest BCUT2D eigenvalue weighted by Crippen LogP contribution is 2.45. The number of nitrogens with one attached hydrogen (secondary N) is 1. The molecule has 1 N–H and O–H groups in total. The summed E-state index contributed by atoms with van der Waals surface area (Å²) in [5, 5.41) is 4.12. The van der Waals surface area contributed by atoms with E-state index in [0.717, 1.165) is 19.6 Å². The number of fused-ring (bicyclic) bond motifs is 1. The van der Waals surface area contributed by atoms with Gasteiger partial charge in [-0.1, -0.05) is 29.3 Å². The van der Waals surface area contributed by atoms with Crippen LogP contribution in [0.25, 0.3) is 22.2 Å². The molecule has 11 nitrogen and oxygen atoms in total. The van der Waals surface area contributed by atoms with Crippen molar-refractivity contribution in [2.45, 2.75) is 19.9 Å². The molecule has 220 valence electrons. The predicted molar refractivity (Wildman–Crippen MR) is 163 cm³/mol. The molecule has 4 heterocycles. The zero-order valence-electron chi connectivity index (χ0n) is 23.6. The lowest BCUT2D eigenvalue weighted by Crippen LogP contribution is -2.48. The van der Waals surface area contributed by atoms with Crippen LogP contribution in [0, 0.1) is 0 Å². The molecule has 0 radical (unpaired) electrons. The number of amides is 1. The molecule has 13 heteroatoms. The number of aromatic nitrogens is 4. The number of anilines is 2. The maximum Gasteiger partial charge on any atom is 0.260 e. The number of methoxy groups -OCH3 is 2. The van der Waals surface area contributed by atoms with Gasteiger partial charge in [-0.05, 0) is 31.2 Å². The van der Waals surface area contributed by atoms with Gasteiger partial charge in [-0.25, -0.2) is 9.97 Å². The highest BCUT2D eigenvalue weighted by atomic mass is 35.5. The van der Waals surface area contributed by atoms with Gasteiger partial charge in [0.05, 0.1) is 29.8 Å². The lowest BCUT2D eigenvalue weighted by atomic mass is 10.0. The van der Waals surface area contributed by atoms with E-state index in [1.807, 2.05) is 17.0 Å². The Kier molecular flexibility index (Phi) is 9.10. The van der Waals surface area contributed by atoms with Crippen LogP contribution in [0.1, 0.15) is 13.3 Å². The Morgan fingerprint density at radius 1 is 1.00 bits per heavy atom. The van der Waals surface area contributed by atoms with Crippen LogP contribution in [-0.4, -0.2) is 82.2 Å². The van der Waals surface area contributed by atoms with Crippen molar-refractivity contribution < 1.29 is 14.3 Å². The van der Waals surface area contributed by atoms with E-state index in [-0.39, 0.29) is 27.1 Å². The fourth-order valence-electron chi connectivity index (χ4n) is 5.02. The van der Waals surface area contributed by atoms with E-state index in [0.29, 0.717) is 65.9 Å². The van der Waals surface area contributed by atoms with Crippen molar-refractivity contribution in [2.75, 3.05) is 52.3 Å². The van der Waals surface area contributed by atoms with Crippen LogP contribution < -0.4 is 20.3 Å². The van der Waals surface area contributed by atoms with Crippen LogP contribution >= 0.6 is 23.2 Å². The summed E-state index contributed by atoms with van der Waals surface area (Å²) >= 11 is 13.4. The zero-order chi connectivity index (χ0) is 29.8. The lowest BCUT2D eigenvalue weighted by Gasteiger charge is -2.34. The van der Waals surface area contributed by atoms with Crippen molar-refractivity contribution >= 4 is 51.9 Å². The second kappa shape index (κ2) is 12.9. The number of halogens is 2. The summed E-state index contributed by atoms with van der Waals surface area (Å²) in [6.07, 6.45) is 3.99. The van der Waals surface area contributed by atoms with Gasteiger partial charge in [0.15, 0.2) is 0 Å². The first-order valence-electron chi connectivity index (χ1n) is 13.5. The summed E-state index contributed by atoms with van der Waals surface area (Å²) < 4.78 is 12.5. The van der Waals surface area contributed by atoms with Gasteiger partial charge in [0.2, 0.25) is 11.9 Å². The first-order valence-corrected chi connectivity index (χ1v) is 14.2. The monoisotopic (exact) mass is 611 g/mol. The molecule has 3 aromatic heterocycles. The Hall–Kier alpha value is -3.93.